The first-order valence-electron chi connectivity index (χ1n) is 6.39. The van der Waals surface area contributed by atoms with E-state index in [1.807, 2.05) is 25.1 Å². The lowest BCUT2D eigenvalue weighted by Gasteiger charge is -2.20. The molecule has 2 rings (SSSR count). The molecular formula is C14H20ClNO. The molecule has 1 aromatic carbocycles. The van der Waals surface area contributed by atoms with E-state index in [0.29, 0.717) is 6.61 Å². The van der Waals surface area contributed by atoms with E-state index in [1.54, 1.807) is 0 Å². The molecule has 1 heterocycles. The highest BCUT2D eigenvalue weighted by atomic mass is 35.5. The van der Waals surface area contributed by atoms with Crippen LogP contribution in [-0.2, 0) is 0 Å². The highest BCUT2D eigenvalue weighted by Crippen LogP contribution is 2.31. The average molecular weight is 254 g/mol. The van der Waals surface area contributed by atoms with Crippen molar-refractivity contribution in [2.24, 2.45) is 0 Å². The van der Waals surface area contributed by atoms with Crippen LogP contribution in [0, 0.1) is 0 Å². The molecule has 0 spiro atoms. The van der Waals surface area contributed by atoms with Gasteiger partial charge in [-0.25, -0.2) is 0 Å². The predicted molar refractivity (Wildman–Crippen MR) is 71.9 cm³/mol. The van der Waals surface area contributed by atoms with E-state index >= 15 is 0 Å². The zero-order valence-electron chi connectivity index (χ0n) is 10.4. The van der Waals surface area contributed by atoms with E-state index in [1.165, 1.54) is 25.9 Å². The number of ether oxygens (including phenoxy) is 1. The second kappa shape index (κ2) is 6.27. The maximum Gasteiger partial charge on any atom is 0.124 e. The van der Waals surface area contributed by atoms with Crippen LogP contribution in [-0.4, -0.2) is 31.1 Å². The van der Waals surface area contributed by atoms with Crippen molar-refractivity contribution in [2.75, 3.05) is 26.2 Å². The minimum absolute atomic E-state index is 0.0239. The van der Waals surface area contributed by atoms with Crippen molar-refractivity contribution in [3.8, 4) is 5.75 Å². The van der Waals surface area contributed by atoms with Gasteiger partial charge in [-0.3, -0.25) is 0 Å². The largest absolute Gasteiger partial charge is 0.494 e. The molecule has 0 amide bonds. The first-order chi connectivity index (χ1) is 8.31. The van der Waals surface area contributed by atoms with Gasteiger partial charge in [0, 0.05) is 12.1 Å². The van der Waals surface area contributed by atoms with E-state index in [9.17, 15) is 0 Å². The molecular weight excluding hydrogens is 234 g/mol. The van der Waals surface area contributed by atoms with Gasteiger partial charge in [0.25, 0.3) is 0 Å². The minimum atomic E-state index is 0.0239. The van der Waals surface area contributed by atoms with Crippen LogP contribution in [0.4, 0.5) is 0 Å². The maximum absolute atomic E-state index is 6.51. The molecule has 1 aliphatic heterocycles. The summed E-state index contributed by atoms with van der Waals surface area (Å²) in [7, 11) is 0. The highest BCUT2D eigenvalue weighted by Gasteiger charge is 2.19. The zero-order chi connectivity index (χ0) is 12.1. The summed E-state index contributed by atoms with van der Waals surface area (Å²) in [5.74, 6) is 0.925. The monoisotopic (exact) mass is 253 g/mol. The predicted octanol–water partition coefficient (Wildman–Crippen LogP) is 3.46. The maximum atomic E-state index is 6.51. The summed E-state index contributed by atoms with van der Waals surface area (Å²) in [5.41, 5.74) is 1.11. The number of halogens is 1. The molecule has 17 heavy (non-hydrogen) atoms. The Morgan fingerprint density at radius 2 is 2.00 bits per heavy atom. The molecule has 1 fully saturated rings. The van der Waals surface area contributed by atoms with Gasteiger partial charge in [0.1, 0.15) is 5.75 Å². The van der Waals surface area contributed by atoms with E-state index in [4.69, 9.17) is 16.3 Å². The number of nitrogens with zero attached hydrogens (tertiary/aromatic N) is 1. The Morgan fingerprint density at radius 1 is 1.29 bits per heavy atom. The fourth-order valence-electron chi connectivity index (χ4n) is 2.32. The summed E-state index contributed by atoms with van der Waals surface area (Å²) >= 11 is 6.51. The number of likely N-dealkylation sites (tertiary alicyclic amines) is 1. The van der Waals surface area contributed by atoms with E-state index in [2.05, 4.69) is 11.0 Å². The molecule has 0 saturated carbocycles. The summed E-state index contributed by atoms with van der Waals surface area (Å²) in [5, 5.41) is 0.0239. The fourth-order valence-corrected chi connectivity index (χ4v) is 2.69. The van der Waals surface area contributed by atoms with Crippen molar-refractivity contribution >= 4 is 11.6 Å². The molecule has 0 aliphatic carbocycles. The minimum Gasteiger partial charge on any atom is -0.494 e. The van der Waals surface area contributed by atoms with Crippen LogP contribution in [0.5, 0.6) is 5.75 Å². The van der Waals surface area contributed by atoms with Gasteiger partial charge < -0.3 is 9.64 Å². The van der Waals surface area contributed by atoms with Crippen LogP contribution in [0.3, 0.4) is 0 Å². The molecule has 0 bridgehead atoms. The molecule has 0 aromatic heterocycles. The average Bonchev–Trinajstić information content (AvgIpc) is 2.83. The molecule has 1 aromatic rings. The first kappa shape index (κ1) is 12.7. The van der Waals surface area contributed by atoms with Gasteiger partial charge in [0.2, 0.25) is 0 Å². The first-order valence-corrected chi connectivity index (χ1v) is 6.83. The zero-order valence-corrected chi connectivity index (χ0v) is 11.1. The summed E-state index contributed by atoms with van der Waals surface area (Å²) in [4.78, 5) is 2.43. The van der Waals surface area contributed by atoms with Crippen LogP contribution in [0.15, 0.2) is 24.3 Å². The van der Waals surface area contributed by atoms with Gasteiger partial charge in [-0.05, 0) is 38.9 Å². The number of para-hydroxylation sites is 1. The molecule has 0 N–H and O–H groups in total. The number of rotatable bonds is 5. The standard InChI is InChI=1S/C14H20ClNO/c1-2-17-14-8-4-3-7-12(14)13(15)11-16-9-5-6-10-16/h3-4,7-8,13H,2,5-6,9-11H2,1H3. The van der Waals surface area contributed by atoms with Gasteiger partial charge in [0.15, 0.2) is 0 Å². The van der Waals surface area contributed by atoms with Gasteiger partial charge in [0.05, 0.1) is 12.0 Å². The molecule has 2 nitrogen and oxygen atoms in total. The second-order valence-corrected chi connectivity index (χ2v) is 4.97. The Bertz CT molecular complexity index is 350. The fraction of sp³-hybridized carbons (Fsp3) is 0.571. The van der Waals surface area contributed by atoms with Crippen LogP contribution in [0.1, 0.15) is 30.7 Å². The second-order valence-electron chi connectivity index (χ2n) is 4.45. The van der Waals surface area contributed by atoms with Crippen molar-refractivity contribution in [3.63, 3.8) is 0 Å². The Balaban J connectivity index is 2.03. The highest BCUT2D eigenvalue weighted by molar-refractivity contribution is 6.21. The molecule has 1 saturated heterocycles. The van der Waals surface area contributed by atoms with Crippen molar-refractivity contribution in [2.45, 2.75) is 25.1 Å². The topological polar surface area (TPSA) is 12.5 Å². The van der Waals surface area contributed by atoms with Crippen LogP contribution in [0.2, 0.25) is 0 Å². The Kier molecular flexibility index (Phi) is 4.69. The van der Waals surface area contributed by atoms with Gasteiger partial charge in [-0.15, -0.1) is 11.6 Å². The number of hydrogen-bond acceptors (Lipinski definition) is 2. The SMILES string of the molecule is CCOc1ccccc1C(Cl)CN1CCCC1. The number of hydrogen-bond donors (Lipinski definition) is 0. The van der Waals surface area contributed by atoms with E-state index < -0.39 is 0 Å². The lowest BCUT2D eigenvalue weighted by Crippen LogP contribution is -2.23. The Hall–Kier alpha value is -0.730. The van der Waals surface area contributed by atoms with E-state index in [-0.39, 0.29) is 5.38 Å². The van der Waals surface area contributed by atoms with Crippen molar-refractivity contribution < 1.29 is 4.74 Å². The summed E-state index contributed by atoms with van der Waals surface area (Å²) < 4.78 is 5.62. The van der Waals surface area contributed by atoms with Crippen molar-refractivity contribution in [1.82, 2.24) is 4.90 Å². The molecule has 1 unspecified atom stereocenters. The van der Waals surface area contributed by atoms with Gasteiger partial charge >= 0.3 is 0 Å². The molecule has 1 atom stereocenters. The molecule has 3 heteroatoms. The summed E-state index contributed by atoms with van der Waals surface area (Å²) in [6.07, 6.45) is 2.60. The van der Waals surface area contributed by atoms with Crippen molar-refractivity contribution in [1.29, 1.82) is 0 Å². The van der Waals surface area contributed by atoms with Crippen LogP contribution in [0.25, 0.3) is 0 Å². The number of benzene rings is 1. The number of alkyl halides is 1. The Morgan fingerprint density at radius 3 is 2.71 bits per heavy atom. The lowest BCUT2D eigenvalue weighted by molar-refractivity contribution is 0.321. The third-order valence-corrected chi connectivity index (χ3v) is 3.55. The molecule has 94 valence electrons. The van der Waals surface area contributed by atoms with E-state index in [0.717, 1.165) is 17.9 Å². The normalized spacial score (nSPS) is 18.2. The smallest absolute Gasteiger partial charge is 0.124 e. The van der Waals surface area contributed by atoms with Crippen LogP contribution >= 0.6 is 11.6 Å². The summed E-state index contributed by atoms with van der Waals surface area (Å²) in [6, 6.07) is 8.09. The molecule has 0 radical (unpaired) electrons. The molecule has 1 aliphatic rings. The van der Waals surface area contributed by atoms with Crippen LogP contribution < -0.4 is 4.74 Å². The summed E-state index contributed by atoms with van der Waals surface area (Å²) in [6.45, 7) is 5.97. The van der Waals surface area contributed by atoms with Gasteiger partial charge in [-0.1, -0.05) is 18.2 Å². The lowest BCUT2D eigenvalue weighted by atomic mass is 10.1. The van der Waals surface area contributed by atoms with Gasteiger partial charge in [-0.2, -0.15) is 0 Å². The third kappa shape index (κ3) is 3.36. The van der Waals surface area contributed by atoms with Crippen molar-refractivity contribution in [3.05, 3.63) is 29.8 Å². The Labute approximate surface area is 109 Å². The quantitative estimate of drug-likeness (QED) is 0.746. The third-order valence-electron chi connectivity index (χ3n) is 3.17.